The van der Waals surface area contributed by atoms with E-state index in [0.29, 0.717) is 22.9 Å². The number of hydrogen-bond acceptors (Lipinski definition) is 5. The minimum Gasteiger partial charge on any atom is -0.497 e. The first kappa shape index (κ1) is 14.3. The lowest BCUT2D eigenvalue weighted by atomic mass is 10.1. The van der Waals surface area contributed by atoms with Crippen LogP contribution in [0.1, 0.15) is 16.1 Å². The molecule has 1 N–H and O–H groups in total. The summed E-state index contributed by atoms with van der Waals surface area (Å²) in [7, 11) is 1.60. The monoisotopic (exact) mass is 322 g/mol. The van der Waals surface area contributed by atoms with Crippen molar-refractivity contribution in [1.82, 2.24) is 14.6 Å². The fourth-order valence-electron chi connectivity index (χ4n) is 2.63. The molecule has 4 aromatic rings. The number of anilines is 1. The molecule has 7 nitrogen and oxygen atoms in total. The Bertz CT molecular complexity index is 1060. The first-order valence-corrected chi connectivity index (χ1v) is 7.35. The summed E-state index contributed by atoms with van der Waals surface area (Å²) in [5, 5.41) is 11.6. The zero-order valence-electron chi connectivity index (χ0n) is 13.1. The number of pyridine rings is 1. The summed E-state index contributed by atoms with van der Waals surface area (Å²) in [5.74, 6) is 0.918. The largest absolute Gasteiger partial charge is 0.497 e. The van der Waals surface area contributed by atoms with E-state index in [1.165, 1.54) is 0 Å². The summed E-state index contributed by atoms with van der Waals surface area (Å²) < 4.78 is 12.6. The highest BCUT2D eigenvalue weighted by Gasteiger charge is 2.20. The number of nitrogens with zero attached hydrogens (tertiary/aromatic N) is 3. The Kier molecular flexibility index (Phi) is 3.19. The van der Waals surface area contributed by atoms with Crippen molar-refractivity contribution in [2.75, 3.05) is 12.4 Å². The number of hydrogen-bond donors (Lipinski definition) is 1. The van der Waals surface area contributed by atoms with Crippen molar-refractivity contribution in [3.63, 3.8) is 0 Å². The van der Waals surface area contributed by atoms with Crippen molar-refractivity contribution < 1.29 is 13.9 Å². The van der Waals surface area contributed by atoms with Crippen LogP contribution >= 0.6 is 0 Å². The predicted molar refractivity (Wildman–Crippen MR) is 88.4 cm³/mol. The molecular weight excluding hydrogens is 308 g/mol. The first-order valence-electron chi connectivity index (χ1n) is 7.35. The second kappa shape index (κ2) is 5.38. The molecule has 0 atom stereocenters. The molecule has 4 rings (SSSR count). The van der Waals surface area contributed by atoms with E-state index in [1.807, 2.05) is 25.1 Å². The van der Waals surface area contributed by atoms with E-state index < -0.39 is 0 Å². The molecule has 120 valence electrons. The summed E-state index contributed by atoms with van der Waals surface area (Å²) in [4.78, 5) is 12.6. The number of aromatic nitrogens is 3. The van der Waals surface area contributed by atoms with E-state index in [4.69, 9.17) is 9.15 Å². The zero-order chi connectivity index (χ0) is 16.7. The van der Waals surface area contributed by atoms with Crippen molar-refractivity contribution in [2.24, 2.45) is 0 Å². The molecule has 0 unspecified atom stereocenters. The molecule has 0 aliphatic heterocycles. The minimum atomic E-state index is -0.374. The smallest absolute Gasteiger partial charge is 0.294 e. The van der Waals surface area contributed by atoms with Gasteiger partial charge in [0.25, 0.3) is 5.91 Å². The van der Waals surface area contributed by atoms with Crippen LogP contribution < -0.4 is 10.1 Å². The molecular formula is C17H14N4O3. The Hall–Kier alpha value is -3.35. The molecule has 3 heterocycles. The van der Waals surface area contributed by atoms with E-state index in [2.05, 4.69) is 15.5 Å². The van der Waals surface area contributed by atoms with Gasteiger partial charge in [-0.3, -0.25) is 14.5 Å². The van der Waals surface area contributed by atoms with E-state index >= 15 is 0 Å². The van der Waals surface area contributed by atoms with Gasteiger partial charge in [0, 0.05) is 17.1 Å². The fourth-order valence-corrected chi connectivity index (χ4v) is 2.63. The Balaban J connectivity index is 1.72. The van der Waals surface area contributed by atoms with Crippen LogP contribution in [0.4, 0.5) is 5.95 Å². The topological polar surface area (TPSA) is 81.7 Å². The van der Waals surface area contributed by atoms with Crippen LogP contribution in [-0.4, -0.2) is 27.6 Å². The molecule has 0 bridgehead atoms. The molecule has 7 heteroatoms. The van der Waals surface area contributed by atoms with Crippen LogP contribution in [0, 0.1) is 6.92 Å². The second-order valence-electron chi connectivity index (χ2n) is 5.32. The molecule has 0 fully saturated rings. The number of amides is 1. The molecule has 3 aromatic heterocycles. The van der Waals surface area contributed by atoms with Crippen molar-refractivity contribution in [2.45, 2.75) is 6.92 Å². The number of ether oxygens (including phenoxy) is 1. The van der Waals surface area contributed by atoms with Crippen LogP contribution in [0.2, 0.25) is 0 Å². The van der Waals surface area contributed by atoms with Crippen molar-refractivity contribution in [3.05, 3.63) is 53.9 Å². The Morgan fingerprint density at radius 1 is 1.25 bits per heavy atom. The van der Waals surface area contributed by atoms with Crippen LogP contribution in [0.25, 0.3) is 16.6 Å². The van der Waals surface area contributed by atoms with Crippen LogP contribution in [0.15, 0.2) is 47.0 Å². The van der Waals surface area contributed by atoms with E-state index in [1.54, 1.807) is 35.9 Å². The average molecular weight is 322 g/mol. The van der Waals surface area contributed by atoms with Crippen LogP contribution in [0.5, 0.6) is 5.75 Å². The van der Waals surface area contributed by atoms with E-state index in [-0.39, 0.29) is 11.7 Å². The third-order valence-corrected chi connectivity index (χ3v) is 3.89. The summed E-state index contributed by atoms with van der Waals surface area (Å²) in [5.41, 5.74) is 2.03. The van der Waals surface area contributed by atoms with Crippen molar-refractivity contribution >= 4 is 28.5 Å². The molecule has 0 spiro atoms. The normalized spacial score (nSPS) is 11.1. The van der Waals surface area contributed by atoms with Gasteiger partial charge in [0.15, 0.2) is 11.4 Å². The van der Waals surface area contributed by atoms with Gasteiger partial charge in [-0.25, -0.2) is 0 Å². The first-order chi connectivity index (χ1) is 11.7. The van der Waals surface area contributed by atoms with Gasteiger partial charge in [0.2, 0.25) is 5.95 Å². The maximum Gasteiger partial charge on any atom is 0.294 e. The predicted octanol–water partition coefficient (Wildman–Crippen LogP) is 3.04. The number of methoxy groups -OCH3 is 1. The molecule has 0 aliphatic rings. The number of aryl methyl sites for hydroxylation is 1. The Labute approximate surface area is 136 Å². The molecule has 1 amide bonds. The Morgan fingerprint density at radius 2 is 2.12 bits per heavy atom. The number of fused-ring (bicyclic) bond motifs is 2. The van der Waals surface area contributed by atoms with Gasteiger partial charge in [-0.2, -0.15) is 0 Å². The lowest BCUT2D eigenvalue weighted by Gasteiger charge is -2.01. The lowest BCUT2D eigenvalue weighted by Crippen LogP contribution is -2.14. The maximum atomic E-state index is 12.6. The number of nitrogens with one attached hydrogen (secondary N) is 1. The number of furan rings is 1. The van der Waals surface area contributed by atoms with Gasteiger partial charge in [-0.05, 0) is 37.3 Å². The van der Waals surface area contributed by atoms with Crippen molar-refractivity contribution in [3.8, 4) is 5.75 Å². The average Bonchev–Trinajstić information content (AvgIpc) is 3.16. The number of carbonyl (C=O) groups excluding carboxylic acids is 1. The van der Waals surface area contributed by atoms with Crippen LogP contribution in [0.3, 0.4) is 0 Å². The summed E-state index contributed by atoms with van der Waals surface area (Å²) >= 11 is 0. The number of carbonyl (C=O) groups is 1. The van der Waals surface area contributed by atoms with Crippen LogP contribution in [-0.2, 0) is 0 Å². The van der Waals surface area contributed by atoms with Gasteiger partial charge < -0.3 is 9.15 Å². The molecule has 0 saturated carbocycles. The van der Waals surface area contributed by atoms with Gasteiger partial charge in [0.1, 0.15) is 11.3 Å². The maximum absolute atomic E-state index is 12.6. The molecule has 0 saturated heterocycles. The standard InChI is InChI=1S/C17H14N4O3/c1-10-12-9-11(23-2)6-7-13(12)24-15(10)16(22)18-17-20-19-14-5-3-4-8-21(14)17/h3-9H,1-2H3,(H,18,20,22). The third-order valence-electron chi connectivity index (χ3n) is 3.89. The van der Waals surface area contributed by atoms with Gasteiger partial charge >= 0.3 is 0 Å². The van der Waals surface area contributed by atoms with Gasteiger partial charge in [-0.1, -0.05) is 6.07 Å². The molecule has 24 heavy (non-hydrogen) atoms. The fraction of sp³-hybridized carbons (Fsp3) is 0.118. The number of benzene rings is 1. The summed E-state index contributed by atoms with van der Waals surface area (Å²) in [6.07, 6.45) is 1.78. The van der Waals surface area contributed by atoms with E-state index in [9.17, 15) is 4.79 Å². The minimum absolute atomic E-state index is 0.242. The van der Waals surface area contributed by atoms with Gasteiger partial charge in [0.05, 0.1) is 7.11 Å². The Morgan fingerprint density at radius 3 is 2.96 bits per heavy atom. The van der Waals surface area contributed by atoms with Gasteiger partial charge in [-0.15, -0.1) is 10.2 Å². The van der Waals surface area contributed by atoms with Crippen molar-refractivity contribution in [1.29, 1.82) is 0 Å². The molecule has 1 aromatic carbocycles. The quantitative estimate of drug-likeness (QED) is 0.627. The molecule has 0 aliphatic carbocycles. The summed E-state index contributed by atoms with van der Waals surface area (Å²) in [6.45, 7) is 1.84. The SMILES string of the molecule is COc1ccc2oc(C(=O)Nc3nnc4ccccn34)c(C)c2c1. The molecule has 0 radical (unpaired) electrons. The summed E-state index contributed by atoms with van der Waals surface area (Å²) in [6, 6.07) is 10.9. The highest BCUT2D eigenvalue weighted by atomic mass is 16.5. The zero-order valence-corrected chi connectivity index (χ0v) is 13.1. The second-order valence-corrected chi connectivity index (χ2v) is 5.32. The third kappa shape index (κ3) is 2.18. The van der Waals surface area contributed by atoms with E-state index in [0.717, 1.165) is 10.9 Å². The number of rotatable bonds is 3. The lowest BCUT2D eigenvalue weighted by molar-refractivity contribution is 0.0997. The highest BCUT2D eigenvalue weighted by molar-refractivity contribution is 6.06. The highest BCUT2D eigenvalue weighted by Crippen LogP contribution is 2.29.